The number of fused-ring (bicyclic) bond motifs is 1. The van der Waals surface area contributed by atoms with Gasteiger partial charge < -0.3 is 14.4 Å². The quantitative estimate of drug-likeness (QED) is 0.865. The number of carbonyl (C=O) groups is 1. The van der Waals surface area contributed by atoms with Crippen molar-refractivity contribution < 1.29 is 14.3 Å². The zero-order chi connectivity index (χ0) is 16.4. The van der Waals surface area contributed by atoms with Gasteiger partial charge in [0.2, 0.25) is 5.91 Å². The van der Waals surface area contributed by atoms with Crippen LogP contribution in [-0.4, -0.2) is 40.3 Å². The summed E-state index contributed by atoms with van der Waals surface area (Å²) in [6.45, 7) is 2.61. The molecule has 2 aliphatic rings. The lowest BCUT2D eigenvalue weighted by Crippen LogP contribution is -2.31. The molecule has 0 aliphatic carbocycles. The summed E-state index contributed by atoms with van der Waals surface area (Å²) in [6, 6.07) is 8.04. The van der Waals surface area contributed by atoms with Gasteiger partial charge in [0, 0.05) is 31.9 Å². The van der Waals surface area contributed by atoms with Gasteiger partial charge in [0.15, 0.2) is 11.5 Å². The van der Waals surface area contributed by atoms with Gasteiger partial charge in [0.25, 0.3) is 0 Å². The van der Waals surface area contributed by atoms with Crippen molar-refractivity contribution in [1.29, 1.82) is 0 Å². The second-order valence-electron chi connectivity index (χ2n) is 6.17. The zero-order valence-corrected chi connectivity index (χ0v) is 13.6. The van der Waals surface area contributed by atoms with E-state index in [0.29, 0.717) is 26.2 Å². The van der Waals surface area contributed by atoms with Crippen LogP contribution >= 0.6 is 0 Å². The highest BCUT2D eigenvalue weighted by atomic mass is 16.6. The predicted octanol–water partition coefficient (Wildman–Crippen LogP) is 2.41. The number of hydrogen-bond acceptors (Lipinski definition) is 4. The van der Waals surface area contributed by atoms with Gasteiger partial charge in [-0.15, -0.1) is 0 Å². The first-order chi connectivity index (χ1) is 11.8. The van der Waals surface area contributed by atoms with Gasteiger partial charge in [-0.2, -0.15) is 5.10 Å². The van der Waals surface area contributed by atoms with E-state index in [2.05, 4.69) is 11.2 Å². The number of aryl methyl sites for hydroxylation is 1. The van der Waals surface area contributed by atoms with E-state index in [1.807, 2.05) is 29.3 Å². The first-order valence-corrected chi connectivity index (χ1v) is 8.48. The minimum atomic E-state index is 0.131. The molecule has 0 bridgehead atoms. The molecule has 1 saturated heterocycles. The van der Waals surface area contributed by atoms with Crippen molar-refractivity contribution in [2.24, 2.45) is 0 Å². The number of aromatic nitrogens is 2. The summed E-state index contributed by atoms with van der Waals surface area (Å²) in [5.74, 6) is 1.76. The number of benzene rings is 1. The Balaban J connectivity index is 1.47. The Morgan fingerprint density at radius 1 is 1.25 bits per heavy atom. The highest BCUT2D eigenvalue weighted by Crippen LogP contribution is 2.38. The highest BCUT2D eigenvalue weighted by Gasteiger charge is 2.30. The second kappa shape index (κ2) is 6.55. The lowest BCUT2D eigenvalue weighted by Gasteiger charge is -2.27. The van der Waals surface area contributed by atoms with E-state index in [-0.39, 0.29) is 11.9 Å². The largest absolute Gasteiger partial charge is 0.486 e. The number of likely N-dealkylation sites (tertiary alicyclic amines) is 1. The van der Waals surface area contributed by atoms with Crippen molar-refractivity contribution in [2.75, 3.05) is 19.8 Å². The summed E-state index contributed by atoms with van der Waals surface area (Å²) in [5.41, 5.74) is 1.13. The van der Waals surface area contributed by atoms with Gasteiger partial charge in [-0.25, -0.2) is 0 Å². The zero-order valence-electron chi connectivity index (χ0n) is 13.6. The van der Waals surface area contributed by atoms with Gasteiger partial charge in [-0.1, -0.05) is 6.07 Å². The van der Waals surface area contributed by atoms with Crippen LogP contribution in [0.3, 0.4) is 0 Å². The number of ether oxygens (including phenoxy) is 2. The van der Waals surface area contributed by atoms with Crippen LogP contribution in [0.4, 0.5) is 0 Å². The van der Waals surface area contributed by atoms with Crippen LogP contribution < -0.4 is 9.47 Å². The predicted molar refractivity (Wildman–Crippen MR) is 88.0 cm³/mol. The molecule has 0 saturated carbocycles. The molecule has 1 aromatic heterocycles. The molecule has 1 amide bonds. The van der Waals surface area contributed by atoms with Crippen molar-refractivity contribution in [2.45, 2.75) is 31.8 Å². The fraction of sp³-hybridized carbons (Fsp3) is 0.444. The van der Waals surface area contributed by atoms with Crippen molar-refractivity contribution in [3.05, 3.63) is 42.2 Å². The van der Waals surface area contributed by atoms with Crippen LogP contribution in [0.25, 0.3) is 0 Å². The molecule has 4 rings (SSSR count). The Bertz CT molecular complexity index is 714. The fourth-order valence-corrected chi connectivity index (χ4v) is 3.47. The number of nitrogens with zero attached hydrogens (tertiary/aromatic N) is 3. The number of amides is 1. The standard InChI is InChI=1S/C18H21N3O3/c22-18(6-10-20-8-2-7-19-20)21-9-1-3-15(21)14-4-5-16-17(13-14)24-12-11-23-16/h2,4-5,7-8,13,15H,1,3,6,9-12H2. The Labute approximate surface area is 141 Å². The van der Waals surface area contributed by atoms with Gasteiger partial charge in [-0.3, -0.25) is 9.48 Å². The molecule has 6 nitrogen and oxygen atoms in total. The van der Waals surface area contributed by atoms with E-state index in [1.165, 1.54) is 0 Å². The summed E-state index contributed by atoms with van der Waals surface area (Å²) in [7, 11) is 0. The Hall–Kier alpha value is -2.50. The maximum atomic E-state index is 12.6. The summed E-state index contributed by atoms with van der Waals surface area (Å²) in [5, 5.41) is 4.16. The SMILES string of the molecule is O=C(CCn1cccn1)N1CCCC1c1ccc2c(c1)OCCO2. The Morgan fingerprint density at radius 3 is 2.96 bits per heavy atom. The van der Waals surface area contributed by atoms with Crippen LogP contribution in [0, 0.1) is 0 Å². The summed E-state index contributed by atoms with van der Waals surface area (Å²) < 4.78 is 13.1. The molecular weight excluding hydrogens is 306 g/mol. The van der Waals surface area contributed by atoms with Crippen LogP contribution in [0.1, 0.15) is 30.9 Å². The maximum Gasteiger partial charge on any atom is 0.224 e. The van der Waals surface area contributed by atoms with Crippen molar-refractivity contribution >= 4 is 5.91 Å². The molecule has 24 heavy (non-hydrogen) atoms. The summed E-state index contributed by atoms with van der Waals surface area (Å²) in [4.78, 5) is 14.6. The van der Waals surface area contributed by atoms with Gasteiger partial charge in [0.05, 0.1) is 6.04 Å². The van der Waals surface area contributed by atoms with E-state index in [9.17, 15) is 4.79 Å². The lowest BCUT2D eigenvalue weighted by atomic mass is 10.0. The molecule has 126 valence electrons. The third kappa shape index (κ3) is 2.96. The molecule has 2 aromatic rings. The molecule has 1 unspecified atom stereocenters. The normalized spacial score (nSPS) is 19.5. The van der Waals surface area contributed by atoms with Crippen molar-refractivity contribution in [3.63, 3.8) is 0 Å². The molecule has 3 heterocycles. The number of hydrogen-bond donors (Lipinski definition) is 0. The van der Waals surface area contributed by atoms with Crippen LogP contribution in [-0.2, 0) is 11.3 Å². The van der Waals surface area contributed by atoms with Gasteiger partial charge in [0.1, 0.15) is 13.2 Å². The maximum absolute atomic E-state index is 12.6. The van der Waals surface area contributed by atoms with Gasteiger partial charge in [-0.05, 0) is 36.6 Å². The molecule has 1 aromatic carbocycles. The lowest BCUT2D eigenvalue weighted by molar-refractivity contribution is -0.132. The third-order valence-electron chi connectivity index (χ3n) is 4.64. The van der Waals surface area contributed by atoms with Crippen molar-refractivity contribution in [3.8, 4) is 11.5 Å². The minimum absolute atomic E-state index is 0.131. The second-order valence-corrected chi connectivity index (χ2v) is 6.17. The molecule has 1 atom stereocenters. The van der Waals surface area contributed by atoms with E-state index in [4.69, 9.17) is 9.47 Å². The highest BCUT2D eigenvalue weighted by molar-refractivity contribution is 5.77. The molecule has 6 heteroatoms. The molecule has 2 aliphatic heterocycles. The Morgan fingerprint density at radius 2 is 2.12 bits per heavy atom. The summed E-state index contributed by atoms with van der Waals surface area (Å²) >= 11 is 0. The first kappa shape index (κ1) is 15.1. The molecule has 0 spiro atoms. The van der Waals surface area contributed by atoms with Crippen molar-refractivity contribution in [1.82, 2.24) is 14.7 Å². The summed E-state index contributed by atoms with van der Waals surface area (Å²) in [6.07, 6.45) is 6.12. The number of carbonyl (C=O) groups excluding carboxylic acids is 1. The van der Waals surface area contributed by atoms with Crippen LogP contribution in [0.5, 0.6) is 11.5 Å². The molecule has 1 fully saturated rings. The smallest absolute Gasteiger partial charge is 0.224 e. The fourth-order valence-electron chi connectivity index (χ4n) is 3.47. The van der Waals surface area contributed by atoms with Crippen LogP contribution in [0.2, 0.25) is 0 Å². The average Bonchev–Trinajstić information content (AvgIpc) is 3.31. The first-order valence-electron chi connectivity index (χ1n) is 8.48. The number of rotatable bonds is 4. The monoisotopic (exact) mass is 327 g/mol. The molecular formula is C18H21N3O3. The van der Waals surface area contributed by atoms with Gasteiger partial charge >= 0.3 is 0 Å². The van der Waals surface area contributed by atoms with Crippen LogP contribution in [0.15, 0.2) is 36.7 Å². The molecule has 0 N–H and O–H groups in total. The topological polar surface area (TPSA) is 56.6 Å². The third-order valence-corrected chi connectivity index (χ3v) is 4.64. The van der Waals surface area contributed by atoms with E-state index >= 15 is 0 Å². The Kier molecular flexibility index (Phi) is 4.11. The molecule has 0 radical (unpaired) electrons. The average molecular weight is 327 g/mol. The van der Waals surface area contributed by atoms with E-state index in [1.54, 1.807) is 10.9 Å². The van der Waals surface area contributed by atoms with E-state index in [0.717, 1.165) is 36.4 Å². The minimum Gasteiger partial charge on any atom is -0.486 e. The van der Waals surface area contributed by atoms with E-state index < -0.39 is 0 Å².